The molecule has 2 aromatic rings. The van der Waals surface area contributed by atoms with Crippen molar-refractivity contribution in [2.75, 3.05) is 0 Å². The molecular formula is C14H11ClO2. The molecule has 0 saturated heterocycles. The van der Waals surface area contributed by atoms with Crippen molar-refractivity contribution in [3.8, 4) is 16.9 Å². The van der Waals surface area contributed by atoms with Gasteiger partial charge in [0.2, 0.25) is 0 Å². The van der Waals surface area contributed by atoms with Crippen LogP contribution in [-0.4, -0.2) is 10.9 Å². The second-order valence-electron chi connectivity index (χ2n) is 3.80. The van der Waals surface area contributed by atoms with Gasteiger partial charge in [-0.15, -0.1) is 0 Å². The lowest BCUT2D eigenvalue weighted by Crippen LogP contribution is -1.93. The topological polar surface area (TPSA) is 37.3 Å². The molecule has 0 saturated carbocycles. The fraction of sp³-hybridized carbons (Fsp3) is 0.0714. The molecule has 0 aliphatic rings. The zero-order chi connectivity index (χ0) is 12.4. The van der Waals surface area contributed by atoms with E-state index < -0.39 is 0 Å². The van der Waals surface area contributed by atoms with E-state index in [0.29, 0.717) is 10.6 Å². The first-order valence-corrected chi connectivity index (χ1v) is 5.55. The molecule has 0 radical (unpaired) electrons. The summed E-state index contributed by atoms with van der Waals surface area (Å²) >= 11 is 6.03. The Balaban J connectivity index is 2.48. The Morgan fingerprint density at radius 3 is 2.41 bits per heavy atom. The normalized spacial score (nSPS) is 10.2. The highest BCUT2D eigenvalue weighted by atomic mass is 35.5. The van der Waals surface area contributed by atoms with Gasteiger partial charge in [0.25, 0.3) is 0 Å². The van der Waals surface area contributed by atoms with Crippen molar-refractivity contribution in [2.45, 2.75) is 6.92 Å². The van der Waals surface area contributed by atoms with Crippen LogP contribution >= 0.6 is 11.6 Å². The standard InChI is InChI=1S/C14H11ClO2/c1-9(16)13-6-5-11(8-14(13)15)10-3-2-4-12(17)7-10/h2-8,17H,1H3. The van der Waals surface area contributed by atoms with Crippen molar-refractivity contribution >= 4 is 17.4 Å². The quantitative estimate of drug-likeness (QED) is 0.816. The second-order valence-corrected chi connectivity index (χ2v) is 4.21. The van der Waals surface area contributed by atoms with E-state index in [1.54, 1.807) is 30.3 Å². The first-order chi connectivity index (χ1) is 8.08. The molecule has 0 heterocycles. The highest BCUT2D eigenvalue weighted by Crippen LogP contribution is 2.27. The van der Waals surface area contributed by atoms with Crippen molar-refractivity contribution in [1.29, 1.82) is 0 Å². The predicted octanol–water partition coefficient (Wildman–Crippen LogP) is 3.92. The zero-order valence-electron chi connectivity index (χ0n) is 9.27. The molecule has 2 nitrogen and oxygen atoms in total. The van der Waals surface area contributed by atoms with E-state index in [4.69, 9.17) is 11.6 Å². The number of benzene rings is 2. The third-order valence-corrected chi connectivity index (χ3v) is 2.84. The van der Waals surface area contributed by atoms with Crippen LogP contribution in [0.25, 0.3) is 11.1 Å². The fourth-order valence-corrected chi connectivity index (χ4v) is 1.98. The van der Waals surface area contributed by atoms with Crippen molar-refractivity contribution < 1.29 is 9.90 Å². The van der Waals surface area contributed by atoms with E-state index in [0.717, 1.165) is 11.1 Å². The summed E-state index contributed by atoms with van der Waals surface area (Å²) in [6.45, 7) is 1.48. The molecule has 0 atom stereocenters. The second kappa shape index (κ2) is 4.60. The van der Waals surface area contributed by atoms with E-state index in [2.05, 4.69) is 0 Å². The van der Waals surface area contributed by atoms with E-state index in [9.17, 15) is 9.90 Å². The Bertz CT molecular complexity index is 576. The summed E-state index contributed by atoms with van der Waals surface area (Å²) in [6, 6.07) is 12.1. The van der Waals surface area contributed by atoms with Crippen molar-refractivity contribution in [2.24, 2.45) is 0 Å². The number of phenols is 1. The molecule has 1 N–H and O–H groups in total. The molecule has 17 heavy (non-hydrogen) atoms. The molecule has 0 aliphatic carbocycles. The highest BCUT2D eigenvalue weighted by molar-refractivity contribution is 6.34. The molecule has 86 valence electrons. The number of hydrogen-bond donors (Lipinski definition) is 1. The number of carbonyl (C=O) groups is 1. The van der Waals surface area contributed by atoms with Gasteiger partial charge in [-0.25, -0.2) is 0 Å². The number of aromatic hydroxyl groups is 1. The van der Waals surface area contributed by atoms with Gasteiger partial charge in [0.1, 0.15) is 5.75 Å². The number of ketones is 1. The van der Waals surface area contributed by atoms with Crippen molar-refractivity contribution in [1.82, 2.24) is 0 Å². The molecule has 0 unspecified atom stereocenters. The molecule has 2 aromatic carbocycles. The van der Waals surface area contributed by atoms with Crippen LogP contribution in [-0.2, 0) is 0 Å². The molecule has 0 bridgehead atoms. The van der Waals surface area contributed by atoms with Gasteiger partial charge in [-0.3, -0.25) is 4.79 Å². The summed E-state index contributed by atoms with van der Waals surface area (Å²) in [6.07, 6.45) is 0. The van der Waals surface area contributed by atoms with Gasteiger partial charge in [0, 0.05) is 5.56 Å². The number of Topliss-reactive ketones (excluding diaryl/α,β-unsaturated/α-hetero) is 1. The zero-order valence-corrected chi connectivity index (χ0v) is 10.0. The molecule has 0 spiro atoms. The Morgan fingerprint density at radius 2 is 1.82 bits per heavy atom. The van der Waals surface area contributed by atoms with Gasteiger partial charge >= 0.3 is 0 Å². The van der Waals surface area contributed by atoms with Gasteiger partial charge in [-0.1, -0.05) is 29.8 Å². The average molecular weight is 247 g/mol. The first kappa shape index (κ1) is 11.7. The SMILES string of the molecule is CC(=O)c1ccc(-c2cccc(O)c2)cc1Cl. The van der Waals surface area contributed by atoms with Crippen LogP contribution in [0.2, 0.25) is 5.02 Å². The molecule has 2 rings (SSSR count). The lowest BCUT2D eigenvalue weighted by atomic mass is 10.0. The highest BCUT2D eigenvalue weighted by Gasteiger charge is 2.07. The largest absolute Gasteiger partial charge is 0.508 e. The summed E-state index contributed by atoms with van der Waals surface area (Å²) in [5.41, 5.74) is 2.24. The molecule has 0 aromatic heterocycles. The third kappa shape index (κ3) is 2.48. The minimum atomic E-state index is -0.0579. The van der Waals surface area contributed by atoms with Crippen LogP contribution in [0.3, 0.4) is 0 Å². The van der Waals surface area contributed by atoms with E-state index in [1.807, 2.05) is 12.1 Å². The summed E-state index contributed by atoms with van der Waals surface area (Å²) in [5, 5.41) is 9.83. The molecule has 3 heteroatoms. The monoisotopic (exact) mass is 246 g/mol. The van der Waals surface area contributed by atoms with Crippen LogP contribution in [0, 0.1) is 0 Å². The van der Waals surface area contributed by atoms with Gasteiger partial charge in [0.05, 0.1) is 5.02 Å². The first-order valence-electron chi connectivity index (χ1n) is 5.18. The minimum absolute atomic E-state index is 0.0579. The van der Waals surface area contributed by atoms with Gasteiger partial charge in [-0.05, 0) is 42.3 Å². The molecule has 0 aliphatic heterocycles. The van der Waals surface area contributed by atoms with Crippen LogP contribution in [0.1, 0.15) is 17.3 Å². The lowest BCUT2D eigenvalue weighted by molar-refractivity contribution is 0.101. The Kier molecular flexibility index (Phi) is 3.16. The average Bonchev–Trinajstić information content (AvgIpc) is 2.28. The number of hydrogen-bond acceptors (Lipinski definition) is 2. The van der Waals surface area contributed by atoms with Crippen LogP contribution in [0.15, 0.2) is 42.5 Å². The maximum absolute atomic E-state index is 11.2. The van der Waals surface area contributed by atoms with E-state index in [-0.39, 0.29) is 11.5 Å². The summed E-state index contributed by atoms with van der Waals surface area (Å²) in [4.78, 5) is 11.2. The van der Waals surface area contributed by atoms with Crippen molar-refractivity contribution in [3.63, 3.8) is 0 Å². The predicted molar refractivity (Wildman–Crippen MR) is 68.6 cm³/mol. The summed E-state index contributed by atoms with van der Waals surface area (Å²) in [7, 11) is 0. The lowest BCUT2D eigenvalue weighted by Gasteiger charge is -2.05. The van der Waals surface area contributed by atoms with Crippen molar-refractivity contribution in [3.05, 3.63) is 53.1 Å². The maximum atomic E-state index is 11.2. The third-order valence-electron chi connectivity index (χ3n) is 2.53. The minimum Gasteiger partial charge on any atom is -0.508 e. The number of phenolic OH excluding ortho intramolecular Hbond substituents is 1. The van der Waals surface area contributed by atoms with Gasteiger partial charge < -0.3 is 5.11 Å². The number of rotatable bonds is 2. The van der Waals surface area contributed by atoms with E-state index in [1.165, 1.54) is 6.92 Å². The maximum Gasteiger partial charge on any atom is 0.161 e. The Morgan fingerprint density at radius 1 is 1.12 bits per heavy atom. The van der Waals surface area contributed by atoms with Crippen LogP contribution in [0.5, 0.6) is 5.75 Å². The van der Waals surface area contributed by atoms with Gasteiger partial charge in [0.15, 0.2) is 5.78 Å². The smallest absolute Gasteiger partial charge is 0.161 e. The molecular weight excluding hydrogens is 236 g/mol. The summed E-state index contributed by atoms with van der Waals surface area (Å²) in [5.74, 6) is 0.145. The van der Waals surface area contributed by atoms with E-state index >= 15 is 0 Å². The number of carbonyl (C=O) groups excluding carboxylic acids is 1. The van der Waals surface area contributed by atoms with Gasteiger partial charge in [-0.2, -0.15) is 0 Å². The number of halogens is 1. The fourth-order valence-electron chi connectivity index (χ4n) is 1.67. The Hall–Kier alpha value is -1.80. The van der Waals surface area contributed by atoms with Crippen LogP contribution < -0.4 is 0 Å². The summed E-state index contributed by atoms with van der Waals surface area (Å²) < 4.78 is 0. The Labute approximate surface area is 104 Å². The van der Waals surface area contributed by atoms with Crippen LogP contribution in [0.4, 0.5) is 0 Å². The molecule has 0 amide bonds. The molecule has 0 fully saturated rings.